The molecule has 0 aliphatic heterocycles. The van der Waals surface area contributed by atoms with Crippen molar-refractivity contribution in [2.45, 2.75) is 0 Å². The van der Waals surface area contributed by atoms with Crippen molar-refractivity contribution in [3.05, 3.63) is 58.1 Å². The summed E-state index contributed by atoms with van der Waals surface area (Å²) in [5.41, 5.74) is 0.767. The number of aromatic nitrogens is 8. The van der Waals surface area contributed by atoms with E-state index in [2.05, 4.69) is 39.9 Å². The van der Waals surface area contributed by atoms with Gasteiger partial charge in [-0.2, -0.15) is 0 Å². The maximum atomic E-state index is 11.0. The van der Waals surface area contributed by atoms with E-state index in [0.29, 0.717) is 11.3 Å². The Morgan fingerprint density at radius 1 is 0.591 bits per heavy atom. The molecule has 0 spiro atoms. The van der Waals surface area contributed by atoms with Crippen LogP contribution in [0.2, 0.25) is 0 Å². The largest absolute Gasteiger partial charge is 0.311 e. The summed E-state index contributed by atoms with van der Waals surface area (Å²) in [5, 5.41) is 0. The molecule has 0 aliphatic rings. The number of fused-ring (bicyclic) bond motifs is 2. The highest BCUT2D eigenvalue weighted by Gasteiger charge is 1.98. The molecule has 0 aromatic carbocycles. The molecule has 0 radical (unpaired) electrons. The van der Waals surface area contributed by atoms with E-state index in [0.717, 1.165) is 0 Å². The van der Waals surface area contributed by atoms with Crippen LogP contribution in [0.25, 0.3) is 22.3 Å². The highest BCUT2D eigenvalue weighted by atomic mass is 16.1. The number of rotatable bonds is 0. The molecule has 4 aromatic heterocycles. The van der Waals surface area contributed by atoms with Gasteiger partial charge in [0.15, 0.2) is 22.3 Å². The minimum absolute atomic E-state index is 0.261. The van der Waals surface area contributed by atoms with Crippen LogP contribution in [0.4, 0.5) is 0 Å². The predicted octanol–water partition coefficient (Wildman–Crippen LogP) is -0.574. The molecule has 0 unspecified atom stereocenters. The van der Waals surface area contributed by atoms with Gasteiger partial charge in [-0.3, -0.25) is 9.59 Å². The van der Waals surface area contributed by atoms with Crippen LogP contribution in [0.3, 0.4) is 0 Å². The summed E-state index contributed by atoms with van der Waals surface area (Å²) in [5.74, 6) is 0. The van der Waals surface area contributed by atoms with E-state index < -0.39 is 0 Å². The van der Waals surface area contributed by atoms with Crippen molar-refractivity contribution in [3.8, 4) is 0 Å². The highest BCUT2D eigenvalue weighted by Crippen LogP contribution is 1.94. The van der Waals surface area contributed by atoms with Crippen molar-refractivity contribution < 1.29 is 0 Å². The zero-order valence-electron chi connectivity index (χ0n) is 11.0. The number of hydrogen-bond acceptors (Lipinski definition) is 8. The van der Waals surface area contributed by atoms with Gasteiger partial charge in [-0.25, -0.2) is 29.9 Å². The van der Waals surface area contributed by atoms with Crippen LogP contribution in [0.15, 0.2) is 47.0 Å². The van der Waals surface area contributed by atoms with Gasteiger partial charge in [0.25, 0.3) is 11.1 Å². The van der Waals surface area contributed by atoms with Crippen molar-refractivity contribution in [1.29, 1.82) is 0 Å². The molecule has 0 amide bonds. The van der Waals surface area contributed by atoms with Crippen molar-refractivity contribution in [3.63, 3.8) is 0 Å². The van der Waals surface area contributed by atoms with Crippen molar-refractivity contribution >= 4 is 22.3 Å². The molecule has 4 rings (SSSR count). The van der Waals surface area contributed by atoms with Gasteiger partial charge in [0, 0.05) is 24.8 Å². The molecular formula is C12H8N8O2. The number of nitrogens with one attached hydrogen (secondary N) is 2. The maximum absolute atomic E-state index is 11.0. The summed E-state index contributed by atoms with van der Waals surface area (Å²) in [6.07, 6.45) is 8.51. The molecule has 0 aliphatic carbocycles. The SMILES string of the molecule is O=c1[nH]cnc2nccnc12.O=c1[nH]cnc2nccnc12. The fourth-order valence-corrected chi connectivity index (χ4v) is 1.61. The normalized spacial score (nSPS) is 10.2. The van der Waals surface area contributed by atoms with Gasteiger partial charge in [-0.15, -0.1) is 0 Å². The van der Waals surface area contributed by atoms with Crippen LogP contribution in [0.1, 0.15) is 0 Å². The summed E-state index contributed by atoms with van der Waals surface area (Å²) in [6.45, 7) is 0. The predicted molar refractivity (Wildman–Crippen MR) is 75.9 cm³/mol. The number of H-pyrrole nitrogens is 2. The monoisotopic (exact) mass is 296 g/mol. The molecule has 10 heteroatoms. The first-order valence-electron chi connectivity index (χ1n) is 6.04. The fraction of sp³-hybridized carbons (Fsp3) is 0. The van der Waals surface area contributed by atoms with Gasteiger partial charge in [0.05, 0.1) is 12.7 Å². The lowest BCUT2D eigenvalue weighted by atomic mass is 10.5. The molecule has 0 saturated carbocycles. The van der Waals surface area contributed by atoms with E-state index in [1.54, 1.807) is 0 Å². The van der Waals surface area contributed by atoms with E-state index in [4.69, 9.17) is 0 Å². The van der Waals surface area contributed by atoms with Gasteiger partial charge in [0.1, 0.15) is 0 Å². The lowest BCUT2D eigenvalue weighted by molar-refractivity contribution is 1.11. The molecule has 2 N–H and O–H groups in total. The molecule has 4 aromatic rings. The zero-order chi connectivity index (χ0) is 15.4. The molecule has 10 nitrogen and oxygen atoms in total. The molecular weight excluding hydrogens is 288 g/mol. The molecule has 0 atom stereocenters. The van der Waals surface area contributed by atoms with E-state index in [-0.39, 0.29) is 22.2 Å². The Hall–Kier alpha value is -3.56. The second-order valence-electron chi connectivity index (χ2n) is 3.92. The summed E-state index contributed by atoms with van der Waals surface area (Å²) in [4.78, 5) is 49.7. The molecule has 108 valence electrons. The van der Waals surface area contributed by atoms with Crippen LogP contribution >= 0.6 is 0 Å². The molecule has 22 heavy (non-hydrogen) atoms. The standard InChI is InChI=1S/2C6H4N4O/c2*11-6-4-5(9-3-10-6)8-2-1-7-4/h2*1-3H,(H,8,9,10,11). The molecule has 0 bridgehead atoms. The Bertz CT molecular complexity index is 946. The first-order chi connectivity index (χ1) is 10.8. The van der Waals surface area contributed by atoms with Crippen LogP contribution in [-0.2, 0) is 0 Å². The average molecular weight is 296 g/mol. The van der Waals surface area contributed by atoms with Crippen LogP contribution < -0.4 is 11.1 Å². The third kappa shape index (κ3) is 2.65. The minimum atomic E-state index is -0.261. The van der Waals surface area contributed by atoms with E-state index >= 15 is 0 Å². The third-order valence-electron chi connectivity index (χ3n) is 2.55. The topological polar surface area (TPSA) is 143 Å². The summed E-state index contributed by atoms with van der Waals surface area (Å²) >= 11 is 0. The summed E-state index contributed by atoms with van der Waals surface area (Å²) in [6, 6.07) is 0. The van der Waals surface area contributed by atoms with Crippen molar-refractivity contribution in [1.82, 2.24) is 39.9 Å². The smallest absolute Gasteiger partial charge is 0.278 e. The quantitative estimate of drug-likeness (QED) is 0.439. The van der Waals surface area contributed by atoms with E-state index in [9.17, 15) is 9.59 Å². The fourth-order valence-electron chi connectivity index (χ4n) is 1.61. The van der Waals surface area contributed by atoms with Gasteiger partial charge in [0.2, 0.25) is 0 Å². The Morgan fingerprint density at radius 3 is 1.41 bits per heavy atom. The van der Waals surface area contributed by atoms with Gasteiger partial charge in [-0.05, 0) is 0 Å². The van der Waals surface area contributed by atoms with Crippen LogP contribution in [0.5, 0.6) is 0 Å². The Balaban J connectivity index is 0.000000131. The van der Waals surface area contributed by atoms with Crippen molar-refractivity contribution in [2.24, 2.45) is 0 Å². The zero-order valence-corrected chi connectivity index (χ0v) is 11.0. The number of aromatic amines is 2. The van der Waals surface area contributed by atoms with Gasteiger partial charge < -0.3 is 9.97 Å². The third-order valence-corrected chi connectivity index (χ3v) is 2.55. The lowest BCUT2D eigenvalue weighted by Crippen LogP contribution is -2.08. The molecule has 4 heterocycles. The maximum Gasteiger partial charge on any atom is 0.278 e. The number of nitrogens with zero attached hydrogens (tertiary/aromatic N) is 6. The van der Waals surface area contributed by atoms with Crippen LogP contribution in [0, 0.1) is 0 Å². The summed E-state index contributed by atoms with van der Waals surface area (Å²) < 4.78 is 0. The van der Waals surface area contributed by atoms with E-state index in [1.807, 2.05) is 0 Å². The van der Waals surface area contributed by atoms with Gasteiger partial charge in [-0.1, -0.05) is 0 Å². The minimum Gasteiger partial charge on any atom is -0.311 e. The summed E-state index contributed by atoms with van der Waals surface area (Å²) in [7, 11) is 0. The first kappa shape index (κ1) is 13.4. The average Bonchev–Trinajstić information content (AvgIpc) is 2.57. The Morgan fingerprint density at radius 2 is 1.00 bits per heavy atom. The van der Waals surface area contributed by atoms with E-state index in [1.165, 1.54) is 37.4 Å². The Kier molecular flexibility index (Phi) is 3.56. The molecule has 0 saturated heterocycles. The van der Waals surface area contributed by atoms with Crippen molar-refractivity contribution in [2.75, 3.05) is 0 Å². The second kappa shape index (κ2) is 5.83. The highest BCUT2D eigenvalue weighted by molar-refractivity contribution is 5.67. The Labute approximate surface area is 121 Å². The lowest BCUT2D eigenvalue weighted by Gasteiger charge is -1.89. The molecule has 0 fully saturated rings. The van der Waals surface area contributed by atoms with Crippen LogP contribution in [-0.4, -0.2) is 39.9 Å². The van der Waals surface area contributed by atoms with Gasteiger partial charge >= 0.3 is 0 Å². The first-order valence-corrected chi connectivity index (χ1v) is 6.04. The number of hydrogen-bond donors (Lipinski definition) is 2. The second-order valence-corrected chi connectivity index (χ2v) is 3.92.